The van der Waals surface area contributed by atoms with Crippen molar-refractivity contribution in [3.05, 3.63) is 23.9 Å². The van der Waals surface area contributed by atoms with Gasteiger partial charge in [0.15, 0.2) is 0 Å². The summed E-state index contributed by atoms with van der Waals surface area (Å²) in [6.07, 6.45) is 0. The highest BCUT2D eigenvalue weighted by molar-refractivity contribution is 5.88. The van der Waals surface area contributed by atoms with Crippen LogP contribution in [0.1, 0.15) is 5.69 Å². The van der Waals surface area contributed by atoms with Crippen molar-refractivity contribution in [2.45, 2.75) is 6.54 Å². The summed E-state index contributed by atoms with van der Waals surface area (Å²) in [4.78, 5) is 0. The van der Waals surface area contributed by atoms with Crippen molar-refractivity contribution in [3.63, 3.8) is 0 Å². The normalized spacial score (nSPS) is 10.8. The third-order valence-corrected chi connectivity index (χ3v) is 2.83. The zero-order chi connectivity index (χ0) is 11.7. The number of rotatable bonds is 3. The maximum Gasteiger partial charge on any atom is 0.146 e. The molecule has 0 saturated heterocycles. The highest BCUT2D eigenvalue weighted by Crippen LogP contribution is 2.32. The second kappa shape index (κ2) is 4.06. The van der Waals surface area contributed by atoms with Gasteiger partial charge in [0.25, 0.3) is 0 Å². The Hall–Kier alpha value is -1.68. The second-order valence-corrected chi connectivity index (χ2v) is 3.67. The number of aryl methyl sites for hydroxylation is 1. The number of ether oxygens (including phenoxy) is 2. The molecule has 2 rings (SSSR count). The lowest BCUT2D eigenvalue weighted by atomic mass is 10.2. The lowest BCUT2D eigenvalue weighted by Crippen LogP contribution is -2.03. The van der Waals surface area contributed by atoms with Crippen molar-refractivity contribution >= 4 is 10.9 Å². The van der Waals surface area contributed by atoms with Gasteiger partial charge in [-0.05, 0) is 12.1 Å². The van der Waals surface area contributed by atoms with Gasteiger partial charge in [0, 0.05) is 30.7 Å². The fourth-order valence-electron chi connectivity index (χ4n) is 1.96. The quantitative estimate of drug-likeness (QED) is 0.855. The van der Waals surface area contributed by atoms with Crippen LogP contribution >= 0.6 is 0 Å². The van der Waals surface area contributed by atoms with E-state index >= 15 is 0 Å². The van der Waals surface area contributed by atoms with Gasteiger partial charge in [-0.1, -0.05) is 0 Å². The van der Waals surface area contributed by atoms with E-state index in [1.54, 1.807) is 14.2 Å². The van der Waals surface area contributed by atoms with Crippen LogP contribution in [0.5, 0.6) is 11.5 Å². The molecular weight excluding hydrogens is 204 g/mol. The maximum absolute atomic E-state index is 5.68. The number of nitrogens with zero attached hydrogens (tertiary/aromatic N) is 1. The van der Waals surface area contributed by atoms with E-state index in [4.69, 9.17) is 15.2 Å². The Bertz CT molecular complexity index is 517. The van der Waals surface area contributed by atoms with Gasteiger partial charge in [-0.3, -0.25) is 0 Å². The standard InChI is InChI=1S/C12H16N2O2/c1-14-9(7-13)4-8-5-10(15-2)6-11(16-3)12(8)14/h4-6H,7,13H2,1-3H3. The molecule has 0 atom stereocenters. The molecule has 1 heterocycles. The van der Waals surface area contributed by atoms with Gasteiger partial charge < -0.3 is 19.8 Å². The second-order valence-electron chi connectivity index (χ2n) is 3.67. The largest absolute Gasteiger partial charge is 0.497 e. The Labute approximate surface area is 94.6 Å². The highest BCUT2D eigenvalue weighted by atomic mass is 16.5. The predicted octanol–water partition coefficient (Wildman–Crippen LogP) is 1.65. The van der Waals surface area contributed by atoms with Crippen LogP contribution in [0, 0.1) is 0 Å². The number of fused-ring (bicyclic) bond motifs is 1. The summed E-state index contributed by atoms with van der Waals surface area (Å²) in [7, 11) is 5.29. The zero-order valence-electron chi connectivity index (χ0n) is 9.78. The molecule has 0 amide bonds. The number of nitrogens with two attached hydrogens (primary N) is 1. The minimum atomic E-state index is 0.511. The molecule has 4 heteroatoms. The fourth-order valence-corrected chi connectivity index (χ4v) is 1.96. The third kappa shape index (κ3) is 1.51. The van der Waals surface area contributed by atoms with Crippen LogP contribution in [0.25, 0.3) is 10.9 Å². The summed E-state index contributed by atoms with van der Waals surface area (Å²) in [6.45, 7) is 0.511. The molecule has 0 spiro atoms. The minimum Gasteiger partial charge on any atom is -0.497 e. The van der Waals surface area contributed by atoms with Crippen LogP contribution in [-0.4, -0.2) is 18.8 Å². The lowest BCUT2D eigenvalue weighted by molar-refractivity contribution is 0.397. The molecule has 1 aromatic heterocycles. The summed E-state index contributed by atoms with van der Waals surface area (Å²) >= 11 is 0. The summed E-state index contributed by atoms with van der Waals surface area (Å²) in [5, 5.41) is 1.08. The van der Waals surface area contributed by atoms with E-state index in [0.29, 0.717) is 6.54 Å². The van der Waals surface area contributed by atoms with Gasteiger partial charge in [-0.25, -0.2) is 0 Å². The van der Waals surface area contributed by atoms with Gasteiger partial charge in [0.1, 0.15) is 11.5 Å². The third-order valence-electron chi connectivity index (χ3n) is 2.83. The van der Waals surface area contributed by atoms with E-state index in [2.05, 4.69) is 6.07 Å². The van der Waals surface area contributed by atoms with Gasteiger partial charge >= 0.3 is 0 Å². The summed E-state index contributed by atoms with van der Waals surface area (Å²) in [5.74, 6) is 1.59. The minimum absolute atomic E-state index is 0.511. The van der Waals surface area contributed by atoms with Gasteiger partial charge in [-0.15, -0.1) is 0 Å². The molecule has 0 aliphatic heterocycles. The predicted molar refractivity (Wildman–Crippen MR) is 63.9 cm³/mol. The Morgan fingerprint density at radius 1 is 1.19 bits per heavy atom. The first-order valence-corrected chi connectivity index (χ1v) is 5.11. The van der Waals surface area contributed by atoms with Crippen molar-refractivity contribution in [1.82, 2.24) is 4.57 Å². The molecule has 0 saturated carbocycles. The zero-order valence-corrected chi connectivity index (χ0v) is 9.78. The average Bonchev–Trinajstić information content (AvgIpc) is 2.65. The first kappa shape index (κ1) is 10.8. The summed E-state index contributed by atoms with van der Waals surface area (Å²) in [5.41, 5.74) is 7.80. The number of aromatic nitrogens is 1. The van der Waals surface area contributed by atoms with Crippen molar-refractivity contribution in [3.8, 4) is 11.5 Å². The van der Waals surface area contributed by atoms with Crippen molar-refractivity contribution in [2.24, 2.45) is 12.8 Å². The van der Waals surface area contributed by atoms with Gasteiger partial charge in [0.2, 0.25) is 0 Å². The van der Waals surface area contributed by atoms with Crippen molar-refractivity contribution < 1.29 is 9.47 Å². The maximum atomic E-state index is 5.68. The van der Waals surface area contributed by atoms with Crippen LogP contribution in [0.2, 0.25) is 0 Å². The molecule has 0 aliphatic carbocycles. The SMILES string of the molecule is COc1cc(OC)c2c(c1)cc(CN)n2C. The molecular formula is C12H16N2O2. The topological polar surface area (TPSA) is 49.4 Å². The lowest BCUT2D eigenvalue weighted by Gasteiger charge is -2.08. The molecule has 16 heavy (non-hydrogen) atoms. The van der Waals surface area contributed by atoms with E-state index in [1.165, 1.54) is 0 Å². The van der Waals surface area contributed by atoms with Crippen LogP contribution in [0.4, 0.5) is 0 Å². The monoisotopic (exact) mass is 220 g/mol. The first-order chi connectivity index (χ1) is 7.71. The van der Waals surface area contributed by atoms with E-state index in [-0.39, 0.29) is 0 Å². The Morgan fingerprint density at radius 2 is 1.94 bits per heavy atom. The molecule has 0 fully saturated rings. The number of hydrogen-bond acceptors (Lipinski definition) is 3. The van der Waals surface area contributed by atoms with Crippen molar-refractivity contribution in [2.75, 3.05) is 14.2 Å². The van der Waals surface area contributed by atoms with Crippen LogP contribution in [-0.2, 0) is 13.6 Å². The van der Waals surface area contributed by atoms with E-state index in [9.17, 15) is 0 Å². The summed E-state index contributed by atoms with van der Waals surface area (Å²) < 4.78 is 12.6. The molecule has 0 bridgehead atoms. The Balaban J connectivity index is 2.76. The molecule has 2 aromatic rings. The van der Waals surface area contributed by atoms with Gasteiger partial charge in [0.05, 0.1) is 19.7 Å². The van der Waals surface area contributed by atoms with Crippen LogP contribution < -0.4 is 15.2 Å². The molecule has 86 valence electrons. The highest BCUT2D eigenvalue weighted by Gasteiger charge is 2.11. The van der Waals surface area contributed by atoms with E-state index in [0.717, 1.165) is 28.1 Å². The molecule has 1 aromatic carbocycles. The molecule has 0 radical (unpaired) electrons. The number of methoxy groups -OCH3 is 2. The first-order valence-electron chi connectivity index (χ1n) is 5.11. The fraction of sp³-hybridized carbons (Fsp3) is 0.333. The smallest absolute Gasteiger partial charge is 0.146 e. The molecule has 0 aliphatic rings. The molecule has 4 nitrogen and oxygen atoms in total. The number of benzene rings is 1. The van der Waals surface area contributed by atoms with Gasteiger partial charge in [-0.2, -0.15) is 0 Å². The van der Waals surface area contributed by atoms with E-state index in [1.807, 2.05) is 23.7 Å². The van der Waals surface area contributed by atoms with E-state index < -0.39 is 0 Å². The Kier molecular flexibility index (Phi) is 2.75. The molecule has 2 N–H and O–H groups in total. The average molecular weight is 220 g/mol. The molecule has 0 unspecified atom stereocenters. The van der Waals surface area contributed by atoms with Crippen LogP contribution in [0.15, 0.2) is 18.2 Å². The Morgan fingerprint density at radius 3 is 2.50 bits per heavy atom. The summed E-state index contributed by atoms with van der Waals surface area (Å²) in [6, 6.07) is 5.92. The van der Waals surface area contributed by atoms with Crippen molar-refractivity contribution in [1.29, 1.82) is 0 Å². The number of hydrogen-bond donors (Lipinski definition) is 1. The van der Waals surface area contributed by atoms with Crippen LogP contribution in [0.3, 0.4) is 0 Å².